The fraction of sp³-hybridized carbons (Fsp3) is 0.0400. The van der Waals surface area contributed by atoms with Gasteiger partial charge in [0.15, 0.2) is 5.78 Å². The summed E-state index contributed by atoms with van der Waals surface area (Å²) in [6.45, 7) is 0. The highest BCUT2D eigenvalue weighted by Crippen LogP contribution is 2.27. The average Bonchev–Trinajstić information content (AvgIpc) is 3.15. The first-order chi connectivity index (χ1) is 15.0. The average molecular weight is 431 g/mol. The minimum atomic E-state index is -0.348. The van der Waals surface area contributed by atoms with Crippen molar-refractivity contribution in [1.82, 2.24) is 4.98 Å². The number of ether oxygens (including phenoxy) is 1. The van der Waals surface area contributed by atoms with E-state index in [1.54, 1.807) is 37.5 Å². The molecule has 0 unspecified atom stereocenters. The number of aromatic nitrogens is 1. The van der Waals surface area contributed by atoms with Crippen LogP contribution in [0.4, 0.5) is 5.69 Å². The van der Waals surface area contributed by atoms with Gasteiger partial charge >= 0.3 is 0 Å². The van der Waals surface area contributed by atoms with E-state index in [4.69, 9.17) is 16.3 Å². The van der Waals surface area contributed by atoms with Gasteiger partial charge in [-0.2, -0.15) is 0 Å². The molecule has 0 fully saturated rings. The Hall–Kier alpha value is -3.83. The van der Waals surface area contributed by atoms with Gasteiger partial charge in [0, 0.05) is 22.2 Å². The molecule has 0 saturated carbocycles. The molecule has 0 bridgehead atoms. The second kappa shape index (κ2) is 8.90. The van der Waals surface area contributed by atoms with Gasteiger partial charge in [-0.25, -0.2) is 0 Å². The lowest BCUT2D eigenvalue weighted by Crippen LogP contribution is -2.12. The van der Waals surface area contributed by atoms with Crippen LogP contribution in [0.1, 0.15) is 26.4 Å². The first kappa shape index (κ1) is 20.4. The molecule has 0 aliphatic rings. The molecule has 4 rings (SSSR count). The Kier molecular flexibility index (Phi) is 5.87. The summed E-state index contributed by atoms with van der Waals surface area (Å²) in [5, 5.41) is 3.97. The normalized spacial score (nSPS) is 11.0. The predicted octanol–water partition coefficient (Wildman–Crippen LogP) is 5.98. The number of carbonyl (C=O) groups is 2. The van der Waals surface area contributed by atoms with Crippen molar-refractivity contribution in [2.24, 2.45) is 0 Å². The number of methoxy groups -OCH3 is 1. The van der Waals surface area contributed by atoms with Crippen LogP contribution in [0.2, 0.25) is 5.02 Å². The van der Waals surface area contributed by atoms with Crippen molar-refractivity contribution in [2.45, 2.75) is 0 Å². The van der Waals surface area contributed by atoms with E-state index in [1.165, 1.54) is 6.08 Å². The van der Waals surface area contributed by atoms with Gasteiger partial charge in [-0.05, 0) is 54.1 Å². The maximum Gasteiger partial charge on any atom is 0.273 e. The molecule has 5 nitrogen and oxygen atoms in total. The Morgan fingerprint density at radius 3 is 2.35 bits per heavy atom. The van der Waals surface area contributed by atoms with E-state index >= 15 is 0 Å². The van der Waals surface area contributed by atoms with Crippen LogP contribution < -0.4 is 10.1 Å². The lowest BCUT2D eigenvalue weighted by Gasteiger charge is -2.05. The van der Waals surface area contributed by atoms with E-state index in [1.807, 2.05) is 48.5 Å². The lowest BCUT2D eigenvalue weighted by atomic mass is 10.1. The van der Waals surface area contributed by atoms with Gasteiger partial charge < -0.3 is 15.0 Å². The minimum absolute atomic E-state index is 0.132. The summed E-state index contributed by atoms with van der Waals surface area (Å²) in [6.07, 6.45) is 3.26. The molecule has 3 aromatic carbocycles. The summed E-state index contributed by atoms with van der Waals surface area (Å²) >= 11 is 6.34. The number of allylic oxidation sites excluding steroid dienone is 1. The highest BCUT2D eigenvalue weighted by atomic mass is 35.5. The highest BCUT2D eigenvalue weighted by molar-refractivity contribution is 6.39. The van der Waals surface area contributed by atoms with Gasteiger partial charge in [-0.3, -0.25) is 9.59 Å². The molecule has 0 aliphatic carbocycles. The quantitative estimate of drug-likeness (QED) is 0.292. The highest BCUT2D eigenvalue weighted by Gasteiger charge is 2.16. The fourth-order valence-corrected chi connectivity index (χ4v) is 3.46. The van der Waals surface area contributed by atoms with Crippen LogP contribution >= 0.6 is 11.6 Å². The third-order valence-electron chi connectivity index (χ3n) is 4.84. The molecule has 4 aromatic rings. The number of nitrogens with one attached hydrogen (secondary N) is 2. The predicted molar refractivity (Wildman–Crippen MR) is 124 cm³/mol. The van der Waals surface area contributed by atoms with Crippen molar-refractivity contribution in [2.75, 3.05) is 12.4 Å². The Labute approximate surface area is 184 Å². The number of aromatic amines is 1. The van der Waals surface area contributed by atoms with E-state index in [9.17, 15) is 9.59 Å². The van der Waals surface area contributed by atoms with Crippen LogP contribution in [-0.2, 0) is 0 Å². The minimum Gasteiger partial charge on any atom is -0.497 e. The van der Waals surface area contributed by atoms with Gasteiger partial charge in [0.05, 0.1) is 12.1 Å². The molecule has 0 atom stereocenters. The molecule has 6 heteroatoms. The maximum absolute atomic E-state index is 12.6. The molecule has 0 saturated heterocycles. The van der Waals surface area contributed by atoms with Crippen molar-refractivity contribution in [3.8, 4) is 5.75 Å². The molecular weight excluding hydrogens is 412 g/mol. The lowest BCUT2D eigenvalue weighted by molar-refractivity contribution is 0.102. The summed E-state index contributed by atoms with van der Waals surface area (Å²) in [5.74, 6) is 0.280. The number of H-pyrrole nitrogens is 1. The Bertz CT molecular complexity index is 1270. The van der Waals surface area contributed by atoms with Gasteiger partial charge in [-0.1, -0.05) is 48.0 Å². The zero-order valence-electron chi connectivity index (χ0n) is 16.7. The number of hydrogen-bond donors (Lipinski definition) is 2. The van der Waals surface area contributed by atoms with Crippen molar-refractivity contribution in [3.63, 3.8) is 0 Å². The molecule has 31 heavy (non-hydrogen) atoms. The van der Waals surface area contributed by atoms with Gasteiger partial charge in [0.2, 0.25) is 0 Å². The molecule has 1 aromatic heterocycles. The molecule has 154 valence electrons. The maximum atomic E-state index is 12.6. The van der Waals surface area contributed by atoms with Crippen molar-refractivity contribution in [3.05, 3.63) is 101 Å². The first-order valence-corrected chi connectivity index (χ1v) is 9.97. The summed E-state index contributed by atoms with van der Waals surface area (Å²) < 4.78 is 5.12. The zero-order chi connectivity index (χ0) is 21.8. The van der Waals surface area contributed by atoms with Crippen LogP contribution in [0.25, 0.3) is 17.0 Å². The summed E-state index contributed by atoms with van der Waals surface area (Å²) in [5.41, 5.74) is 3.07. The molecule has 1 heterocycles. The molecule has 1 amide bonds. The number of halogens is 1. The molecule has 0 spiro atoms. The Morgan fingerprint density at radius 1 is 0.968 bits per heavy atom. The largest absolute Gasteiger partial charge is 0.497 e. The van der Waals surface area contributed by atoms with E-state index in [-0.39, 0.29) is 11.7 Å². The van der Waals surface area contributed by atoms with Crippen LogP contribution in [0.5, 0.6) is 5.75 Å². The molecule has 0 aliphatic heterocycles. The van der Waals surface area contributed by atoms with E-state index in [0.29, 0.717) is 22.0 Å². The Morgan fingerprint density at radius 2 is 1.68 bits per heavy atom. The van der Waals surface area contributed by atoms with Crippen molar-refractivity contribution >= 4 is 46.0 Å². The monoisotopic (exact) mass is 430 g/mol. The van der Waals surface area contributed by atoms with E-state index in [2.05, 4.69) is 10.3 Å². The Balaban J connectivity index is 1.43. The zero-order valence-corrected chi connectivity index (χ0v) is 17.4. The van der Waals surface area contributed by atoms with Crippen LogP contribution in [0, 0.1) is 0 Å². The van der Waals surface area contributed by atoms with Crippen LogP contribution in [0.15, 0.2) is 78.9 Å². The summed E-state index contributed by atoms with van der Waals surface area (Å²) in [6, 6.07) is 21.6. The second-order valence-corrected chi connectivity index (χ2v) is 7.24. The van der Waals surface area contributed by atoms with Crippen molar-refractivity contribution < 1.29 is 14.3 Å². The number of fused-ring (bicyclic) bond motifs is 1. The standard InChI is InChI=1S/C25H19ClN2O3/c1-31-19-13-6-16(7-14-19)8-15-22(29)17-9-11-18(12-10-17)27-25(30)24-23(26)20-4-2-3-5-21(20)28-24/h2-15,28H,1H3,(H,27,30)/b15-8+. The number of para-hydroxylation sites is 1. The van der Waals surface area contributed by atoms with Gasteiger partial charge in [0.1, 0.15) is 11.4 Å². The first-order valence-electron chi connectivity index (χ1n) is 9.59. The van der Waals surface area contributed by atoms with Crippen LogP contribution in [0.3, 0.4) is 0 Å². The van der Waals surface area contributed by atoms with E-state index in [0.717, 1.165) is 22.2 Å². The van der Waals surface area contributed by atoms with E-state index < -0.39 is 0 Å². The van der Waals surface area contributed by atoms with Crippen LogP contribution in [-0.4, -0.2) is 23.8 Å². The summed E-state index contributed by atoms with van der Waals surface area (Å²) in [4.78, 5) is 28.1. The third kappa shape index (κ3) is 4.52. The fourth-order valence-electron chi connectivity index (χ4n) is 3.16. The molecule has 2 N–H and O–H groups in total. The third-order valence-corrected chi connectivity index (χ3v) is 5.23. The number of benzene rings is 3. The number of amides is 1. The number of anilines is 1. The second-order valence-electron chi connectivity index (χ2n) is 6.86. The van der Waals surface area contributed by atoms with Gasteiger partial charge in [0.25, 0.3) is 5.91 Å². The van der Waals surface area contributed by atoms with Gasteiger partial charge in [-0.15, -0.1) is 0 Å². The number of rotatable bonds is 6. The molecule has 0 radical (unpaired) electrons. The summed E-state index contributed by atoms with van der Waals surface area (Å²) in [7, 11) is 1.61. The number of ketones is 1. The molecular formula is C25H19ClN2O3. The SMILES string of the molecule is COc1ccc(/C=C/C(=O)c2ccc(NC(=O)c3[nH]c4ccccc4c3Cl)cc2)cc1. The topological polar surface area (TPSA) is 71.2 Å². The smallest absolute Gasteiger partial charge is 0.273 e. The van der Waals surface area contributed by atoms with Crippen molar-refractivity contribution in [1.29, 1.82) is 0 Å². The number of hydrogen-bond acceptors (Lipinski definition) is 3. The number of carbonyl (C=O) groups excluding carboxylic acids is 2.